The topological polar surface area (TPSA) is 66.0 Å². The van der Waals surface area contributed by atoms with Crippen LogP contribution in [0.1, 0.15) is 116 Å². The molecule has 1 aromatic carbocycles. The summed E-state index contributed by atoms with van der Waals surface area (Å²) in [7, 11) is 0. The average molecular weight is 645 g/mol. The molecule has 3 fully saturated rings. The van der Waals surface area contributed by atoms with Gasteiger partial charge in [0.25, 0.3) is 0 Å². The van der Waals surface area contributed by atoms with Gasteiger partial charge in [-0.25, -0.2) is 0 Å². The summed E-state index contributed by atoms with van der Waals surface area (Å²) < 4.78 is 12.4. The molecule has 2 unspecified atom stereocenters. The smallest absolute Gasteiger partial charge is 0.137 e. The lowest BCUT2D eigenvalue weighted by molar-refractivity contribution is -0.0366. The molecule has 0 amide bonds. The number of fused-ring (bicyclic) bond motifs is 5. The van der Waals surface area contributed by atoms with Crippen LogP contribution in [-0.4, -0.2) is 6.10 Å². The van der Waals surface area contributed by atoms with E-state index >= 15 is 0 Å². The second-order valence-corrected chi connectivity index (χ2v) is 16.3. The molecule has 6 rings (SSSR count). The molecule has 0 bridgehead atoms. The molecule has 4 heteroatoms. The lowest BCUT2D eigenvalue weighted by atomic mass is 9.50. The fraction of sp³-hybridized carbons (Fsp3) is 0.591. The van der Waals surface area contributed by atoms with Gasteiger partial charge in [0.2, 0.25) is 0 Å². The van der Waals surface area contributed by atoms with Crippen molar-refractivity contribution in [1.82, 2.24) is 0 Å². The Hall–Kier alpha value is -3.34. The Labute approximate surface area is 290 Å². The molecular weight excluding hydrogens is 588 g/mol. The molecule has 4 aliphatic carbocycles. The van der Waals surface area contributed by atoms with E-state index in [2.05, 4.69) is 58.0 Å². The maximum absolute atomic E-state index is 9.23. The number of ether oxygens (including phenoxy) is 2. The van der Waals surface area contributed by atoms with Crippen LogP contribution in [0.3, 0.4) is 0 Å². The Bertz CT molecular complexity index is 1540. The maximum atomic E-state index is 9.23. The maximum Gasteiger partial charge on any atom is 0.137 e. The molecule has 5 aliphatic rings. The van der Waals surface area contributed by atoms with Crippen molar-refractivity contribution in [2.45, 2.75) is 118 Å². The molecule has 4 nitrogen and oxygen atoms in total. The van der Waals surface area contributed by atoms with E-state index in [-0.39, 0.29) is 5.57 Å². The molecule has 0 radical (unpaired) electrons. The van der Waals surface area contributed by atoms with Gasteiger partial charge in [0.15, 0.2) is 0 Å². The van der Waals surface area contributed by atoms with Gasteiger partial charge in [0, 0.05) is 5.57 Å². The van der Waals surface area contributed by atoms with E-state index in [1.54, 1.807) is 17.7 Å². The first-order chi connectivity index (χ1) is 23.2. The Morgan fingerprint density at radius 1 is 0.958 bits per heavy atom. The van der Waals surface area contributed by atoms with Crippen molar-refractivity contribution in [3.8, 4) is 12.1 Å². The molecule has 1 aromatic rings. The van der Waals surface area contributed by atoms with Gasteiger partial charge in [0.1, 0.15) is 29.2 Å². The van der Waals surface area contributed by atoms with E-state index in [1.165, 1.54) is 69.8 Å². The third-order valence-corrected chi connectivity index (χ3v) is 13.0. The van der Waals surface area contributed by atoms with E-state index in [0.717, 1.165) is 53.4 Å². The highest BCUT2D eigenvalue weighted by Crippen LogP contribution is 2.63. The van der Waals surface area contributed by atoms with Crippen LogP contribution in [0.25, 0.3) is 6.08 Å². The average Bonchev–Trinajstić information content (AvgIpc) is 3.52. The van der Waals surface area contributed by atoms with E-state index in [1.807, 2.05) is 31.2 Å². The highest BCUT2D eigenvalue weighted by Gasteiger charge is 2.54. The summed E-state index contributed by atoms with van der Waals surface area (Å²) in [5.74, 6) is 7.69. The number of nitrogens with zero attached hydrogens (tertiary/aromatic N) is 2. The van der Waals surface area contributed by atoms with Crippen LogP contribution in [0, 0.1) is 69.5 Å². The fourth-order valence-electron chi connectivity index (χ4n) is 10.4. The molecule has 3 saturated carbocycles. The minimum absolute atomic E-state index is 0.0848. The van der Waals surface area contributed by atoms with Crippen LogP contribution in [0.4, 0.5) is 0 Å². The van der Waals surface area contributed by atoms with E-state index in [4.69, 9.17) is 9.47 Å². The standard InChI is InChI=1S/C44H56N2O2/c1-29(2)7-6-8-30(3)39-17-18-41-40(39)19-20-43-42(41)16-14-36-25-37(21-22-44(36,43)5)47-28-33-11-9-32(10-12-33)13-15-38-24-34(23-31(4)48-38)35(26-45)27-46/h9-15,23-24,29-30,37,39-43H,6-8,16-22,25,28H2,1-5H3/b15-13+/t30-,37?,39-,40?,41-,42+,43+,44+/m1/s1. The molecular formula is C44H56N2O2. The minimum Gasteiger partial charge on any atom is -0.462 e. The lowest BCUT2D eigenvalue weighted by Gasteiger charge is -2.55. The molecule has 8 atom stereocenters. The van der Waals surface area contributed by atoms with Crippen molar-refractivity contribution in [3.63, 3.8) is 0 Å². The summed E-state index contributed by atoms with van der Waals surface area (Å²) in [6, 6.07) is 12.4. The number of benzene rings is 1. The zero-order chi connectivity index (χ0) is 33.8. The highest BCUT2D eigenvalue weighted by molar-refractivity contribution is 5.57. The van der Waals surface area contributed by atoms with Crippen LogP contribution < -0.4 is 0 Å². The normalized spacial score (nSPS) is 31.8. The monoisotopic (exact) mass is 644 g/mol. The number of allylic oxidation sites excluding steroid dienone is 7. The molecule has 0 aromatic heterocycles. The SMILES string of the molecule is CC1=CC(=C(C#N)C#N)C=C(/C=C/c2ccc(COC3CC[C@@]4(C)C(=CC[C@H]5[C@@H]6CC[C@H]([C@H](C)CCCC(C)C)C6CC[C@@H]54)C3)cc2)O1. The molecule has 254 valence electrons. The molecule has 48 heavy (non-hydrogen) atoms. The predicted molar refractivity (Wildman–Crippen MR) is 194 cm³/mol. The minimum atomic E-state index is 0.0848. The van der Waals surface area contributed by atoms with Crippen molar-refractivity contribution < 1.29 is 9.47 Å². The number of hydrogen-bond donors (Lipinski definition) is 0. The van der Waals surface area contributed by atoms with Crippen molar-refractivity contribution in [3.05, 3.63) is 87.9 Å². The van der Waals surface area contributed by atoms with Crippen molar-refractivity contribution >= 4 is 6.08 Å². The van der Waals surface area contributed by atoms with Crippen LogP contribution in [0.2, 0.25) is 0 Å². The molecule has 0 spiro atoms. The Balaban J connectivity index is 1.01. The Kier molecular flexibility index (Phi) is 10.8. The number of rotatable bonds is 10. The lowest BCUT2D eigenvalue weighted by Crippen LogP contribution is -2.47. The Morgan fingerprint density at radius 2 is 1.73 bits per heavy atom. The van der Waals surface area contributed by atoms with Gasteiger partial charge in [-0.15, -0.1) is 0 Å². The summed E-state index contributed by atoms with van der Waals surface area (Å²) in [6.07, 6.45) is 25.3. The summed E-state index contributed by atoms with van der Waals surface area (Å²) in [5, 5.41) is 18.5. The van der Waals surface area contributed by atoms with E-state index < -0.39 is 0 Å². The Morgan fingerprint density at radius 3 is 2.48 bits per heavy atom. The molecule has 1 heterocycles. The van der Waals surface area contributed by atoms with Gasteiger partial charge in [-0.05, 0) is 134 Å². The van der Waals surface area contributed by atoms with Gasteiger partial charge < -0.3 is 9.47 Å². The number of nitriles is 2. The first kappa shape index (κ1) is 34.5. The summed E-state index contributed by atoms with van der Waals surface area (Å²) in [6.45, 7) is 12.4. The van der Waals surface area contributed by atoms with Gasteiger partial charge in [0.05, 0.1) is 12.7 Å². The second-order valence-electron chi connectivity index (χ2n) is 16.3. The summed E-state index contributed by atoms with van der Waals surface area (Å²) in [5.41, 5.74) is 4.98. The van der Waals surface area contributed by atoms with E-state index in [0.29, 0.717) is 35.2 Å². The van der Waals surface area contributed by atoms with Crippen LogP contribution in [0.15, 0.2) is 76.8 Å². The van der Waals surface area contributed by atoms with E-state index in [9.17, 15) is 10.5 Å². The molecule has 0 saturated heterocycles. The van der Waals surface area contributed by atoms with Crippen LogP contribution in [0.5, 0.6) is 0 Å². The van der Waals surface area contributed by atoms with Crippen molar-refractivity contribution in [2.24, 2.45) is 46.8 Å². The number of hydrogen-bond acceptors (Lipinski definition) is 4. The van der Waals surface area contributed by atoms with Crippen molar-refractivity contribution in [2.75, 3.05) is 0 Å². The second kappa shape index (κ2) is 15.0. The van der Waals surface area contributed by atoms with Crippen molar-refractivity contribution in [1.29, 1.82) is 10.5 Å². The highest BCUT2D eigenvalue weighted by atomic mass is 16.5. The van der Waals surface area contributed by atoms with Gasteiger partial charge in [-0.2, -0.15) is 10.5 Å². The first-order valence-electron chi connectivity index (χ1n) is 18.9. The first-order valence-corrected chi connectivity index (χ1v) is 18.9. The van der Waals surface area contributed by atoms with Gasteiger partial charge in [-0.1, -0.05) is 88.9 Å². The largest absolute Gasteiger partial charge is 0.462 e. The van der Waals surface area contributed by atoms with Gasteiger partial charge >= 0.3 is 0 Å². The third kappa shape index (κ3) is 7.45. The predicted octanol–water partition coefficient (Wildman–Crippen LogP) is 11.4. The quantitative estimate of drug-likeness (QED) is 0.188. The third-order valence-electron chi connectivity index (χ3n) is 13.0. The molecule has 0 N–H and O–H groups in total. The summed E-state index contributed by atoms with van der Waals surface area (Å²) in [4.78, 5) is 0. The molecule has 1 aliphatic heterocycles. The summed E-state index contributed by atoms with van der Waals surface area (Å²) >= 11 is 0. The van der Waals surface area contributed by atoms with Crippen LogP contribution in [-0.2, 0) is 16.1 Å². The zero-order valence-electron chi connectivity index (χ0n) is 30.0. The van der Waals surface area contributed by atoms with Crippen LogP contribution >= 0.6 is 0 Å². The zero-order valence-corrected chi connectivity index (χ0v) is 30.0. The fourth-order valence-corrected chi connectivity index (χ4v) is 10.4. The van der Waals surface area contributed by atoms with Gasteiger partial charge in [-0.3, -0.25) is 0 Å².